The van der Waals surface area contributed by atoms with Gasteiger partial charge in [0.25, 0.3) is 5.91 Å². The van der Waals surface area contributed by atoms with E-state index in [-0.39, 0.29) is 5.91 Å². The molecule has 0 saturated heterocycles. The number of nitrogens with zero attached hydrogens (tertiary/aromatic N) is 2. The molecule has 0 bridgehead atoms. The monoisotopic (exact) mass is 265 g/mol. The quantitative estimate of drug-likeness (QED) is 0.768. The highest BCUT2D eigenvalue weighted by Crippen LogP contribution is 2.25. The van der Waals surface area contributed by atoms with Crippen LogP contribution in [0.4, 0.5) is 5.69 Å². The second-order valence-corrected chi connectivity index (χ2v) is 4.27. The van der Waals surface area contributed by atoms with Crippen molar-refractivity contribution in [3.63, 3.8) is 0 Å². The van der Waals surface area contributed by atoms with E-state index in [1.807, 2.05) is 6.92 Å². The Morgan fingerprint density at radius 3 is 2.79 bits per heavy atom. The Morgan fingerprint density at radius 2 is 2.26 bits per heavy atom. The molecule has 6 heteroatoms. The predicted octanol–water partition coefficient (Wildman–Crippen LogP) is 2.74. The molecule has 104 valence electrons. The molecule has 1 aromatic rings. The summed E-state index contributed by atoms with van der Waals surface area (Å²) in [6, 6.07) is 3.23. The number of ether oxygens (including phenoxy) is 1. The van der Waals surface area contributed by atoms with E-state index in [0.717, 1.165) is 0 Å². The van der Waals surface area contributed by atoms with Crippen molar-refractivity contribution in [1.82, 2.24) is 4.98 Å². The number of amides is 1. The number of hydrogen-bond acceptors (Lipinski definition) is 5. The number of nitroso groups, excluding NO2 is 1. The van der Waals surface area contributed by atoms with Crippen LogP contribution in [0.3, 0.4) is 0 Å². The molecule has 0 aliphatic carbocycles. The van der Waals surface area contributed by atoms with Crippen LogP contribution in [0, 0.1) is 4.91 Å². The van der Waals surface area contributed by atoms with E-state index < -0.39 is 5.54 Å². The van der Waals surface area contributed by atoms with Gasteiger partial charge in [-0.15, -0.1) is 4.91 Å². The van der Waals surface area contributed by atoms with Crippen LogP contribution in [-0.4, -0.2) is 23.5 Å². The van der Waals surface area contributed by atoms with Crippen LogP contribution >= 0.6 is 0 Å². The summed E-state index contributed by atoms with van der Waals surface area (Å²) >= 11 is 0. The molecule has 0 aromatic carbocycles. The highest BCUT2D eigenvalue weighted by atomic mass is 16.5. The number of pyridine rings is 1. The molecule has 1 rings (SSSR count). The molecular weight excluding hydrogens is 246 g/mol. The lowest BCUT2D eigenvalue weighted by Crippen LogP contribution is -2.40. The van der Waals surface area contributed by atoms with E-state index in [2.05, 4.69) is 15.5 Å². The maximum absolute atomic E-state index is 12.2. The molecule has 1 atom stereocenters. The van der Waals surface area contributed by atoms with Gasteiger partial charge in [-0.05, 0) is 18.9 Å². The second kappa shape index (κ2) is 6.82. The van der Waals surface area contributed by atoms with Crippen LogP contribution < -0.4 is 10.1 Å². The Hall–Kier alpha value is -1.98. The van der Waals surface area contributed by atoms with Gasteiger partial charge in [0.15, 0.2) is 5.54 Å². The van der Waals surface area contributed by atoms with E-state index in [9.17, 15) is 9.70 Å². The summed E-state index contributed by atoms with van der Waals surface area (Å²) in [6.45, 7) is 3.70. The van der Waals surface area contributed by atoms with Crippen molar-refractivity contribution in [3.05, 3.63) is 23.2 Å². The first kappa shape index (κ1) is 15.1. The third-order valence-corrected chi connectivity index (χ3v) is 3.05. The zero-order valence-corrected chi connectivity index (χ0v) is 11.5. The lowest BCUT2D eigenvalue weighted by Gasteiger charge is -2.23. The maximum Gasteiger partial charge on any atom is 0.255 e. The Labute approximate surface area is 112 Å². The molecule has 0 aliphatic heterocycles. The van der Waals surface area contributed by atoms with Crippen LogP contribution in [0.2, 0.25) is 0 Å². The summed E-state index contributed by atoms with van der Waals surface area (Å²) in [5.74, 6) is 0.00885. The van der Waals surface area contributed by atoms with E-state index >= 15 is 0 Å². The smallest absolute Gasteiger partial charge is 0.255 e. The first-order valence-electron chi connectivity index (χ1n) is 6.28. The van der Waals surface area contributed by atoms with Gasteiger partial charge in [-0.25, -0.2) is 4.98 Å². The van der Waals surface area contributed by atoms with E-state index in [4.69, 9.17) is 4.74 Å². The molecule has 1 aromatic heterocycles. The first-order valence-corrected chi connectivity index (χ1v) is 6.28. The number of aromatic nitrogens is 1. The zero-order chi connectivity index (χ0) is 14.3. The third kappa shape index (κ3) is 3.49. The molecule has 0 saturated carbocycles. The summed E-state index contributed by atoms with van der Waals surface area (Å²) in [5.41, 5.74) is -0.667. The molecule has 0 radical (unpaired) electrons. The summed E-state index contributed by atoms with van der Waals surface area (Å²) in [5, 5.41) is 5.75. The average Bonchev–Trinajstić information content (AvgIpc) is 2.45. The van der Waals surface area contributed by atoms with Crippen molar-refractivity contribution in [2.75, 3.05) is 12.4 Å². The van der Waals surface area contributed by atoms with Crippen LogP contribution in [0.5, 0.6) is 5.88 Å². The van der Waals surface area contributed by atoms with Gasteiger partial charge in [-0.1, -0.05) is 25.4 Å². The summed E-state index contributed by atoms with van der Waals surface area (Å²) in [7, 11) is 1.49. The summed E-state index contributed by atoms with van der Waals surface area (Å²) in [4.78, 5) is 27.2. The topological polar surface area (TPSA) is 80.7 Å². The third-order valence-electron chi connectivity index (χ3n) is 3.05. The van der Waals surface area contributed by atoms with E-state index in [0.29, 0.717) is 30.8 Å². The molecule has 1 unspecified atom stereocenters. The molecule has 1 heterocycles. The summed E-state index contributed by atoms with van der Waals surface area (Å²) < 4.78 is 4.97. The largest absolute Gasteiger partial charge is 0.481 e. The van der Waals surface area contributed by atoms with Crippen LogP contribution in [-0.2, 0) is 4.79 Å². The SMILES string of the molecule is CCCC(CC)(N=O)C(=O)Nc1ccnc(OC)c1. The van der Waals surface area contributed by atoms with E-state index in [1.165, 1.54) is 13.3 Å². The number of methoxy groups -OCH3 is 1. The number of carbonyl (C=O) groups excluding carboxylic acids is 1. The number of anilines is 1. The Bertz CT molecular complexity index is 451. The fourth-order valence-electron chi connectivity index (χ4n) is 1.86. The van der Waals surface area contributed by atoms with Crippen molar-refractivity contribution < 1.29 is 9.53 Å². The first-order chi connectivity index (χ1) is 9.11. The summed E-state index contributed by atoms with van der Waals surface area (Å²) in [6.07, 6.45) is 3.04. The van der Waals surface area contributed by atoms with Gasteiger partial charge >= 0.3 is 0 Å². The van der Waals surface area contributed by atoms with Gasteiger partial charge < -0.3 is 10.1 Å². The highest BCUT2D eigenvalue weighted by molar-refractivity contribution is 5.98. The van der Waals surface area contributed by atoms with Gasteiger partial charge in [-0.3, -0.25) is 4.79 Å². The van der Waals surface area contributed by atoms with Crippen LogP contribution in [0.1, 0.15) is 33.1 Å². The number of nitrogens with one attached hydrogen (secondary N) is 1. The van der Waals surface area contributed by atoms with Gasteiger partial charge in [0.2, 0.25) is 5.88 Å². The predicted molar refractivity (Wildman–Crippen MR) is 73.1 cm³/mol. The minimum absolute atomic E-state index is 0.373. The lowest BCUT2D eigenvalue weighted by atomic mass is 9.90. The number of rotatable bonds is 7. The molecule has 0 fully saturated rings. The van der Waals surface area contributed by atoms with Crippen molar-refractivity contribution in [3.8, 4) is 5.88 Å². The number of hydrogen-bond donors (Lipinski definition) is 1. The molecule has 6 nitrogen and oxygen atoms in total. The van der Waals surface area contributed by atoms with Crippen molar-refractivity contribution in [2.45, 2.75) is 38.6 Å². The fraction of sp³-hybridized carbons (Fsp3) is 0.538. The Balaban J connectivity index is 2.89. The van der Waals surface area contributed by atoms with Crippen molar-refractivity contribution >= 4 is 11.6 Å². The van der Waals surface area contributed by atoms with Crippen molar-refractivity contribution in [1.29, 1.82) is 0 Å². The maximum atomic E-state index is 12.2. The van der Waals surface area contributed by atoms with Crippen LogP contribution in [0.15, 0.2) is 23.5 Å². The molecule has 1 amide bonds. The second-order valence-electron chi connectivity index (χ2n) is 4.27. The minimum atomic E-state index is -1.20. The molecule has 0 aliphatic rings. The highest BCUT2D eigenvalue weighted by Gasteiger charge is 2.37. The molecular formula is C13H19N3O3. The van der Waals surface area contributed by atoms with E-state index in [1.54, 1.807) is 19.1 Å². The molecule has 1 N–H and O–H groups in total. The Kier molecular flexibility index (Phi) is 5.41. The van der Waals surface area contributed by atoms with Gasteiger partial charge in [0.1, 0.15) is 0 Å². The van der Waals surface area contributed by atoms with Gasteiger partial charge in [0.05, 0.1) is 7.11 Å². The van der Waals surface area contributed by atoms with Gasteiger partial charge in [0, 0.05) is 18.0 Å². The number of carbonyl (C=O) groups is 1. The minimum Gasteiger partial charge on any atom is -0.481 e. The zero-order valence-electron chi connectivity index (χ0n) is 11.5. The van der Waals surface area contributed by atoms with Crippen molar-refractivity contribution in [2.24, 2.45) is 5.18 Å². The molecule has 19 heavy (non-hydrogen) atoms. The standard InChI is InChI=1S/C13H19N3O3/c1-4-7-13(5-2,16-18)12(17)15-10-6-8-14-11(9-10)19-3/h6,8-9H,4-5,7H2,1-3H3,(H,14,15,17). The van der Waals surface area contributed by atoms with Crippen LogP contribution in [0.25, 0.3) is 0 Å². The lowest BCUT2D eigenvalue weighted by molar-refractivity contribution is -0.121. The fourth-order valence-corrected chi connectivity index (χ4v) is 1.86. The molecule has 0 spiro atoms. The normalized spacial score (nSPS) is 13.4. The Morgan fingerprint density at radius 1 is 1.53 bits per heavy atom. The van der Waals surface area contributed by atoms with Gasteiger partial charge in [-0.2, -0.15) is 0 Å². The average molecular weight is 265 g/mol.